The SMILES string of the molecule is CCCC(OC(C)=O)S(C)(=O)=O. The molecule has 0 N–H and O–H groups in total. The van der Waals surface area contributed by atoms with E-state index in [9.17, 15) is 13.2 Å². The van der Waals surface area contributed by atoms with Crippen LogP contribution in [0, 0.1) is 0 Å². The van der Waals surface area contributed by atoms with Crippen LogP contribution in [0.1, 0.15) is 26.7 Å². The molecule has 0 aromatic carbocycles. The maximum absolute atomic E-state index is 11.0. The van der Waals surface area contributed by atoms with E-state index in [1.165, 1.54) is 6.92 Å². The number of ether oxygens (including phenoxy) is 1. The van der Waals surface area contributed by atoms with E-state index in [0.717, 1.165) is 6.26 Å². The lowest BCUT2D eigenvalue weighted by Crippen LogP contribution is -2.25. The van der Waals surface area contributed by atoms with Crippen LogP contribution in [0.5, 0.6) is 0 Å². The molecule has 0 aliphatic carbocycles. The predicted molar refractivity (Wildman–Crippen MR) is 45.3 cm³/mol. The molecule has 0 heterocycles. The molecule has 0 fully saturated rings. The van der Waals surface area contributed by atoms with Crippen LogP contribution >= 0.6 is 0 Å². The Morgan fingerprint density at radius 2 is 2.00 bits per heavy atom. The number of carbonyl (C=O) groups is 1. The average molecular weight is 194 g/mol. The normalized spacial score (nSPS) is 13.9. The summed E-state index contributed by atoms with van der Waals surface area (Å²) >= 11 is 0. The number of hydrogen-bond acceptors (Lipinski definition) is 4. The molecule has 0 saturated heterocycles. The quantitative estimate of drug-likeness (QED) is 0.619. The fraction of sp³-hybridized carbons (Fsp3) is 0.857. The Labute approximate surface area is 72.8 Å². The predicted octanol–water partition coefficient (Wildman–Crippen LogP) is 0.720. The Morgan fingerprint density at radius 3 is 2.25 bits per heavy atom. The fourth-order valence-corrected chi connectivity index (χ4v) is 1.76. The topological polar surface area (TPSA) is 60.4 Å². The smallest absolute Gasteiger partial charge is 0.303 e. The van der Waals surface area contributed by atoms with E-state index in [2.05, 4.69) is 4.74 Å². The van der Waals surface area contributed by atoms with Crippen LogP contribution in [0.15, 0.2) is 0 Å². The highest BCUT2D eigenvalue weighted by Gasteiger charge is 2.22. The molecule has 12 heavy (non-hydrogen) atoms. The highest BCUT2D eigenvalue weighted by molar-refractivity contribution is 7.91. The van der Waals surface area contributed by atoms with E-state index in [1.54, 1.807) is 0 Å². The summed E-state index contributed by atoms with van der Waals surface area (Å²) in [4.78, 5) is 10.5. The lowest BCUT2D eigenvalue weighted by Gasteiger charge is -2.13. The second-order valence-electron chi connectivity index (χ2n) is 2.66. The van der Waals surface area contributed by atoms with Gasteiger partial charge in [-0.2, -0.15) is 0 Å². The van der Waals surface area contributed by atoms with Crippen molar-refractivity contribution in [3.05, 3.63) is 0 Å². The molecule has 0 radical (unpaired) electrons. The molecular weight excluding hydrogens is 180 g/mol. The molecule has 0 rings (SSSR count). The molecule has 5 heteroatoms. The minimum atomic E-state index is -3.27. The fourth-order valence-electron chi connectivity index (χ4n) is 0.781. The number of rotatable bonds is 4. The second kappa shape index (κ2) is 4.45. The Kier molecular flexibility index (Phi) is 4.23. The number of carbonyl (C=O) groups excluding carboxylic acids is 1. The van der Waals surface area contributed by atoms with Crippen molar-refractivity contribution in [3.63, 3.8) is 0 Å². The minimum Gasteiger partial charge on any atom is -0.446 e. The first-order chi connectivity index (χ1) is 5.38. The minimum absolute atomic E-state index is 0.360. The molecule has 72 valence electrons. The molecular formula is C7H14O4S. The zero-order chi connectivity index (χ0) is 9.78. The molecule has 0 amide bonds. The van der Waals surface area contributed by atoms with Crippen LogP contribution in [0.2, 0.25) is 0 Å². The first-order valence-corrected chi connectivity index (χ1v) is 5.69. The maximum Gasteiger partial charge on any atom is 0.303 e. The number of hydrogen-bond donors (Lipinski definition) is 0. The summed E-state index contributed by atoms with van der Waals surface area (Å²) < 4.78 is 26.6. The average Bonchev–Trinajstić information content (AvgIpc) is 1.83. The summed E-state index contributed by atoms with van der Waals surface area (Å²) in [6.45, 7) is 3.04. The van der Waals surface area contributed by atoms with Gasteiger partial charge in [0.25, 0.3) is 0 Å². The van der Waals surface area contributed by atoms with Crippen molar-refractivity contribution in [3.8, 4) is 0 Å². The summed E-state index contributed by atoms with van der Waals surface area (Å²) in [6, 6.07) is 0. The molecule has 0 aromatic heterocycles. The van der Waals surface area contributed by atoms with E-state index in [0.29, 0.717) is 12.8 Å². The summed E-state index contributed by atoms with van der Waals surface area (Å²) in [5.41, 5.74) is -0.972. The van der Waals surface area contributed by atoms with Crippen molar-refractivity contribution in [1.82, 2.24) is 0 Å². The van der Waals surface area contributed by atoms with Gasteiger partial charge in [0.15, 0.2) is 9.84 Å². The van der Waals surface area contributed by atoms with Crippen LogP contribution < -0.4 is 0 Å². The van der Waals surface area contributed by atoms with Crippen molar-refractivity contribution in [2.24, 2.45) is 0 Å². The van der Waals surface area contributed by atoms with Crippen molar-refractivity contribution >= 4 is 15.8 Å². The Morgan fingerprint density at radius 1 is 1.50 bits per heavy atom. The lowest BCUT2D eigenvalue weighted by molar-refractivity contribution is -0.142. The zero-order valence-corrected chi connectivity index (χ0v) is 8.35. The van der Waals surface area contributed by atoms with Crippen LogP contribution in [0.25, 0.3) is 0 Å². The first-order valence-electron chi connectivity index (χ1n) is 3.74. The number of sulfone groups is 1. The summed E-state index contributed by atoms with van der Waals surface area (Å²) in [5, 5.41) is 0. The standard InChI is InChI=1S/C7H14O4S/c1-4-5-7(11-6(2)8)12(3,9)10/h7H,4-5H2,1-3H3. The molecule has 0 saturated carbocycles. The van der Waals surface area contributed by atoms with Gasteiger partial charge in [-0.15, -0.1) is 0 Å². The largest absolute Gasteiger partial charge is 0.446 e. The van der Waals surface area contributed by atoms with Crippen LogP contribution in [0.4, 0.5) is 0 Å². The van der Waals surface area contributed by atoms with Gasteiger partial charge in [-0.25, -0.2) is 8.42 Å². The van der Waals surface area contributed by atoms with Crippen molar-refractivity contribution in [1.29, 1.82) is 0 Å². The van der Waals surface area contributed by atoms with Crippen LogP contribution in [-0.2, 0) is 19.4 Å². The van der Waals surface area contributed by atoms with Gasteiger partial charge in [0, 0.05) is 13.2 Å². The second-order valence-corrected chi connectivity index (χ2v) is 4.84. The summed E-state index contributed by atoms with van der Waals surface area (Å²) in [7, 11) is -3.27. The highest BCUT2D eigenvalue weighted by atomic mass is 32.2. The van der Waals surface area contributed by atoms with Gasteiger partial charge in [0.2, 0.25) is 5.44 Å². The lowest BCUT2D eigenvalue weighted by atomic mass is 10.4. The summed E-state index contributed by atoms with van der Waals surface area (Å²) in [5.74, 6) is -0.557. The maximum atomic E-state index is 11.0. The third kappa shape index (κ3) is 4.33. The van der Waals surface area contributed by atoms with Gasteiger partial charge in [-0.1, -0.05) is 13.3 Å². The molecule has 4 nitrogen and oxygen atoms in total. The van der Waals surface area contributed by atoms with Gasteiger partial charge < -0.3 is 4.74 Å². The van der Waals surface area contributed by atoms with E-state index in [-0.39, 0.29) is 0 Å². The Hall–Kier alpha value is -0.580. The highest BCUT2D eigenvalue weighted by Crippen LogP contribution is 2.08. The molecule has 1 unspecified atom stereocenters. The number of esters is 1. The van der Waals surface area contributed by atoms with Crippen molar-refractivity contribution < 1.29 is 17.9 Å². The van der Waals surface area contributed by atoms with E-state index >= 15 is 0 Å². The third-order valence-corrected chi connectivity index (χ3v) is 2.59. The van der Waals surface area contributed by atoms with E-state index in [4.69, 9.17) is 0 Å². The molecule has 0 aliphatic heterocycles. The Balaban J connectivity index is 4.34. The van der Waals surface area contributed by atoms with Gasteiger partial charge in [0.05, 0.1) is 0 Å². The van der Waals surface area contributed by atoms with Gasteiger partial charge in [-0.3, -0.25) is 4.79 Å². The first kappa shape index (κ1) is 11.4. The summed E-state index contributed by atoms with van der Waals surface area (Å²) in [6.07, 6.45) is 2.10. The molecule has 0 bridgehead atoms. The molecule has 0 aromatic rings. The van der Waals surface area contributed by atoms with Crippen LogP contribution in [0.3, 0.4) is 0 Å². The van der Waals surface area contributed by atoms with Crippen molar-refractivity contribution in [2.45, 2.75) is 32.1 Å². The van der Waals surface area contributed by atoms with E-state index in [1.807, 2.05) is 6.92 Å². The van der Waals surface area contributed by atoms with Gasteiger partial charge >= 0.3 is 5.97 Å². The van der Waals surface area contributed by atoms with Gasteiger partial charge in [0.1, 0.15) is 0 Å². The molecule has 0 aliphatic rings. The zero-order valence-electron chi connectivity index (χ0n) is 7.53. The van der Waals surface area contributed by atoms with Gasteiger partial charge in [-0.05, 0) is 6.42 Å². The third-order valence-electron chi connectivity index (χ3n) is 1.30. The van der Waals surface area contributed by atoms with Crippen molar-refractivity contribution in [2.75, 3.05) is 6.26 Å². The molecule has 1 atom stereocenters. The monoisotopic (exact) mass is 194 g/mol. The van der Waals surface area contributed by atoms with Crippen LogP contribution in [-0.4, -0.2) is 26.1 Å². The molecule has 0 spiro atoms. The van der Waals surface area contributed by atoms with E-state index < -0.39 is 21.2 Å². The Bertz CT molecular complexity index is 242.